The second kappa shape index (κ2) is 74.4. The van der Waals surface area contributed by atoms with Crippen molar-refractivity contribution in [3.63, 3.8) is 0 Å². The van der Waals surface area contributed by atoms with Gasteiger partial charge < -0.3 is 82.1 Å². The van der Waals surface area contributed by atoms with E-state index < -0.39 is 74.1 Å². The van der Waals surface area contributed by atoms with Gasteiger partial charge in [-0.1, -0.05) is 200 Å². The Morgan fingerprint density at radius 2 is 0.234 bits per heavy atom. The zero-order chi connectivity index (χ0) is 93.9. The summed E-state index contributed by atoms with van der Waals surface area (Å²) in [5.74, 6) is 15.4. The van der Waals surface area contributed by atoms with Crippen molar-refractivity contribution in [2.24, 2.45) is 201 Å². The van der Waals surface area contributed by atoms with Crippen LogP contribution in [0.3, 0.4) is 0 Å². The van der Waals surface area contributed by atoms with E-state index in [-0.39, 0.29) is 167 Å². The molecular weight excluding hydrogens is 1930 g/mol. The summed E-state index contributed by atoms with van der Waals surface area (Å²) < 4.78 is 170. The Labute approximate surface area is 885 Å². The molecule has 0 spiro atoms. The zero-order valence-corrected chi connectivity index (χ0v) is 94.2. The van der Waals surface area contributed by atoms with Crippen molar-refractivity contribution in [2.45, 2.75) is 528 Å². The molecule has 0 bridgehead atoms. The largest absolute Gasteiger partial charge is 0.412 e. The lowest BCUT2D eigenvalue weighted by Crippen LogP contribution is -2.45. The summed E-state index contributed by atoms with van der Waals surface area (Å²) in [5, 5.41) is -0.458. The molecule has 17 aliphatic rings. The summed E-state index contributed by atoms with van der Waals surface area (Å²) in [6.45, 7) is 30.0. The summed E-state index contributed by atoms with van der Waals surface area (Å²) in [6, 6.07) is 0. The minimum atomic E-state index is -1.21. The summed E-state index contributed by atoms with van der Waals surface area (Å²) in [4.78, 5) is 0. The van der Waals surface area contributed by atoms with Crippen LogP contribution < -0.4 is 0 Å². The van der Waals surface area contributed by atoms with Gasteiger partial charge in [0.2, 0.25) is 0 Å². The van der Waals surface area contributed by atoms with Gasteiger partial charge in [0.15, 0.2) is 0 Å². The molecule has 17 aliphatic carbocycles. The molecule has 17 rings (SSSR count). The van der Waals surface area contributed by atoms with Crippen LogP contribution in [-0.2, 0) is 0 Å². The fourth-order valence-corrected chi connectivity index (χ4v) is 31.9. The van der Waals surface area contributed by atoms with Crippen LogP contribution in [0, 0.1) is 201 Å². The molecule has 17 saturated carbocycles. The average Bonchev–Trinajstić information content (AvgIpc) is 0.795. The second-order valence-electron chi connectivity index (χ2n) is 50.9. The maximum absolute atomic E-state index is 14.8. The monoisotopic (exact) mass is 2160 g/mol. The molecule has 0 heterocycles. The Balaban J connectivity index is -0.000000307. The quantitative estimate of drug-likeness (QED) is 0.145. The Bertz CT molecular complexity index is 2800. The lowest BCUT2D eigenvalue weighted by atomic mass is 9.64. The van der Waals surface area contributed by atoms with Crippen molar-refractivity contribution in [3.8, 4) is 0 Å². The highest BCUT2D eigenvalue weighted by Crippen LogP contribution is 2.55. The number of hydrogen-bond donors (Lipinski definition) is 0. The topological polar surface area (TPSA) is 472 Å². The molecule has 0 radical (unpaired) electrons. The fraction of sp³-hybridized carbons (Fsp3) is 1.00. The lowest BCUT2D eigenvalue weighted by Gasteiger charge is -2.44. The normalized spacial score (nSPS) is 45.3. The van der Waals surface area contributed by atoms with Gasteiger partial charge in [-0.3, -0.25) is 0 Å². The summed E-state index contributed by atoms with van der Waals surface area (Å²) in [5.41, 5.74) is 0. The van der Waals surface area contributed by atoms with E-state index in [0.717, 1.165) is 238 Å². The van der Waals surface area contributed by atoms with E-state index in [1.165, 1.54) is 180 Å². The first-order valence-electron chi connectivity index (χ1n) is 57.0. The Morgan fingerprint density at radius 3 is 0.421 bits per heavy atom. The smallest absolute Gasteiger partial charge is 0.134 e. The van der Waals surface area contributed by atoms with Gasteiger partial charge in [0, 0.05) is 2.85 Å². The first kappa shape index (κ1) is 153. The van der Waals surface area contributed by atoms with E-state index in [9.17, 15) is 52.7 Å². The molecule has 30 N–H and O–H groups in total. The van der Waals surface area contributed by atoms with E-state index in [1.54, 1.807) is 0 Å². The molecular formula is C116H232Cl2F12O15. The van der Waals surface area contributed by atoms with E-state index in [2.05, 4.69) is 62.3 Å². The Morgan fingerprint density at radius 1 is 0.117 bits per heavy atom. The number of halogens is 14. The van der Waals surface area contributed by atoms with Gasteiger partial charge in [-0.05, 0) is 445 Å². The van der Waals surface area contributed by atoms with Crippen LogP contribution in [0.5, 0.6) is 0 Å². The highest BCUT2D eigenvalue weighted by atomic mass is 35.5. The van der Waals surface area contributed by atoms with E-state index in [1.807, 2.05) is 34.6 Å². The third-order valence-electron chi connectivity index (χ3n) is 41.5. The average molecular weight is 2170 g/mol. The molecule has 29 heteroatoms. The predicted octanol–water partition coefficient (Wildman–Crippen LogP) is 25.8. The first-order valence-corrected chi connectivity index (χ1v) is 57.9. The number of rotatable bonds is 10. The molecule has 28 unspecified atom stereocenters. The van der Waals surface area contributed by atoms with Crippen LogP contribution in [0.2, 0.25) is 0 Å². The molecule has 0 amide bonds. The molecule has 0 saturated heterocycles. The van der Waals surface area contributed by atoms with Crippen molar-refractivity contribution in [1.29, 1.82) is 0 Å². The lowest BCUT2D eigenvalue weighted by molar-refractivity contribution is -0.0359. The molecule has 0 aromatic carbocycles. The van der Waals surface area contributed by atoms with Crippen LogP contribution in [-0.4, -0.2) is 167 Å². The van der Waals surface area contributed by atoms with Crippen LogP contribution >= 0.6 is 23.2 Å². The van der Waals surface area contributed by atoms with E-state index in [0.29, 0.717) is 59.2 Å². The maximum Gasteiger partial charge on any atom is 0.134 e. The van der Waals surface area contributed by atoms with E-state index >= 15 is 0 Å². The number of alkyl halides is 14. The molecule has 15 nitrogen and oxygen atoms in total. The summed E-state index contributed by atoms with van der Waals surface area (Å²) in [7, 11) is 0. The van der Waals surface area contributed by atoms with Crippen molar-refractivity contribution in [2.75, 3.05) is 0 Å². The first-order chi connectivity index (χ1) is 62.0. The van der Waals surface area contributed by atoms with Crippen molar-refractivity contribution >= 4 is 23.2 Å². The highest BCUT2D eigenvalue weighted by molar-refractivity contribution is 6.21. The molecule has 0 aromatic rings. The maximum atomic E-state index is 14.8. The van der Waals surface area contributed by atoms with Gasteiger partial charge in [-0.25, -0.2) is 52.7 Å². The van der Waals surface area contributed by atoms with Crippen LogP contribution in [0.15, 0.2) is 0 Å². The van der Waals surface area contributed by atoms with Gasteiger partial charge in [0.25, 0.3) is 0 Å². The number of hydrogen-bond acceptors (Lipinski definition) is 0. The SMILES string of the molecule is CC1CCC(C2CCC(C)C(Cl)C2F)CC1.CC1CCC(C2CCC(C)C(F)C2Cl)CC1.CC1CCC(C2CCC(C)C(F)C2F)CC1.CC1CCC(C2CCC(C)C(F)C2F)CC1.CC1CCC(C2CCC(C3CCC(C)C(F)C3F)CC2)CC1.CC1CCC(C2CCC(C3CCC(C)C(F)C3F)CC2)CC1.CC1CCC(C2CCC(C3CCC(C)CC3)C(F)C2F)CC1.O.O.O.O.O.O.O.O.O.O.O.O.O.O.O.[HH].[HH]. The van der Waals surface area contributed by atoms with Crippen LogP contribution in [0.25, 0.3) is 0 Å². The minimum absolute atomic E-state index is 0. The summed E-state index contributed by atoms with van der Waals surface area (Å²) >= 11 is 12.5. The summed E-state index contributed by atoms with van der Waals surface area (Å²) in [6.07, 6.45) is 49.8. The van der Waals surface area contributed by atoms with Gasteiger partial charge in [-0.2, -0.15) is 0 Å². The zero-order valence-electron chi connectivity index (χ0n) is 92.7. The van der Waals surface area contributed by atoms with Crippen LogP contribution in [0.1, 0.15) is 447 Å². The van der Waals surface area contributed by atoms with Gasteiger partial charge >= 0.3 is 0 Å². The van der Waals surface area contributed by atoms with Crippen molar-refractivity contribution in [1.82, 2.24) is 0 Å². The Kier molecular flexibility index (Phi) is 78.3. The molecule has 884 valence electrons. The molecule has 0 aromatic heterocycles. The van der Waals surface area contributed by atoms with Crippen LogP contribution in [0.4, 0.5) is 52.7 Å². The third kappa shape index (κ3) is 42.8. The van der Waals surface area contributed by atoms with Crippen molar-refractivity contribution in [3.05, 3.63) is 0 Å². The second-order valence-corrected chi connectivity index (χ2v) is 52.0. The van der Waals surface area contributed by atoms with Gasteiger partial charge in [0.1, 0.15) is 74.1 Å². The predicted molar refractivity (Wildman–Crippen MR) is 584 cm³/mol. The fourth-order valence-electron chi connectivity index (χ4n) is 31.0. The molecule has 0 aliphatic heterocycles. The van der Waals surface area contributed by atoms with Crippen molar-refractivity contribution < 1.29 is 138 Å². The third-order valence-corrected chi connectivity index (χ3v) is 42.8. The Hall–Kier alpha value is -0.860. The molecule has 145 heavy (non-hydrogen) atoms. The molecule has 17 fully saturated rings. The van der Waals surface area contributed by atoms with E-state index in [4.69, 9.17) is 23.2 Å². The van der Waals surface area contributed by atoms with Gasteiger partial charge in [0.05, 0.1) is 10.8 Å². The van der Waals surface area contributed by atoms with Gasteiger partial charge in [-0.15, -0.1) is 23.2 Å². The standard InChI is InChI=1S/3C20H34F2.2C14H24ClF.2C14H24F2.15H2O.2H2/c1-13-3-7-15(8-4-13)17-11-12-18(20(22)19(17)21)16-9-5-14(2)6-10-16;2*1-13-3-6-15(7-4-13)16-8-10-17(11-9-16)18-12-5-14(2)19(21)20(18)22;1-9-3-6-11(7-4-9)12-8-5-10(2)14(16)13(12)15;3*1-9-3-6-11(7-4-9)12-8-5-10(2)13(15)14(12)16;;;;;;;;;;;;;;;;;/h3*13-20H,3-12H2,1-2H3;4*9-14H,3-8H2,1-2H3;15*1H2;2*1H. The minimum Gasteiger partial charge on any atom is -0.412 e. The molecule has 28 atom stereocenters. The highest BCUT2D eigenvalue weighted by Gasteiger charge is 2.52.